The van der Waals surface area contributed by atoms with Gasteiger partial charge in [0.15, 0.2) is 0 Å². The molecule has 142 valence electrons. The second-order valence-corrected chi connectivity index (χ2v) is 7.56. The minimum atomic E-state index is 0.0642. The molecule has 0 spiro atoms. The summed E-state index contributed by atoms with van der Waals surface area (Å²) in [4.78, 5) is 26.2. The van der Waals surface area contributed by atoms with E-state index < -0.39 is 0 Å². The second-order valence-electron chi connectivity index (χ2n) is 7.56. The largest absolute Gasteiger partial charge is 0.355 e. The van der Waals surface area contributed by atoms with Crippen LogP contribution in [0.15, 0.2) is 42.7 Å². The van der Waals surface area contributed by atoms with Crippen molar-refractivity contribution in [3.05, 3.63) is 53.9 Å². The molecule has 1 aromatic carbocycles. The number of piperidine rings is 1. The molecule has 27 heavy (non-hydrogen) atoms. The molecule has 3 aliphatic heterocycles. The third kappa shape index (κ3) is 4.11. The van der Waals surface area contributed by atoms with E-state index in [4.69, 9.17) is 0 Å². The molecule has 3 saturated heterocycles. The molecule has 2 aromatic rings. The number of nitrogens with zero attached hydrogens (tertiary/aromatic N) is 4. The Kier molecular flexibility index (Phi) is 5.34. The van der Waals surface area contributed by atoms with Crippen molar-refractivity contribution in [2.75, 3.05) is 31.5 Å². The van der Waals surface area contributed by atoms with Gasteiger partial charge >= 0.3 is 0 Å². The average molecular weight is 365 g/mol. The van der Waals surface area contributed by atoms with E-state index in [2.05, 4.69) is 55.4 Å². The number of fused-ring (bicyclic) bond motifs is 4. The third-order valence-electron chi connectivity index (χ3n) is 5.53. The molecule has 4 heterocycles. The van der Waals surface area contributed by atoms with Crippen LogP contribution in [0.1, 0.15) is 35.7 Å². The molecule has 2 atom stereocenters. The molecule has 1 aromatic heterocycles. The SMILES string of the molecule is CCNc1ncc(C(=O)N2C[C@H]3CC[C@@H]2CN(Cc2ccccc2)C3)cn1. The summed E-state index contributed by atoms with van der Waals surface area (Å²) in [6.07, 6.45) is 5.58. The maximum Gasteiger partial charge on any atom is 0.257 e. The molecule has 3 aliphatic rings. The standard InChI is InChI=1S/C21H27N5O/c1-2-22-21-23-10-18(11-24-21)20(27)26-14-17-8-9-19(26)15-25(13-17)12-16-6-4-3-5-7-16/h3-7,10-11,17,19H,2,8-9,12-15H2,1H3,(H,22,23,24)/t17-,19+/m0/s1. The number of rotatable bonds is 5. The van der Waals surface area contributed by atoms with Crippen LogP contribution in [0.4, 0.5) is 5.95 Å². The van der Waals surface area contributed by atoms with Crippen LogP contribution in [0.2, 0.25) is 0 Å². The number of amides is 1. The van der Waals surface area contributed by atoms with E-state index in [0.717, 1.165) is 39.1 Å². The first-order chi connectivity index (χ1) is 13.2. The summed E-state index contributed by atoms with van der Waals surface area (Å²) in [6.45, 7) is 6.55. The van der Waals surface area contributed by atoms with Crippen LogP contribution in [0.25, 0.3) is 0 Å². The van der Waals surface area contributed by atoms with Crippen molar-refractivity contribution in [2.45, 2.75) is 32.4 Å². The van der Waals surface area contributed by atoms with Gasteiger partial charge in [0.05, 0.1) is 5.56 Å². The molecule has 2 bridgehead atoms. The zero-order chi connectivity index (χ0) is 18.6. The fourth-order valence-corrected chi connectivity index (χ4v) is 4.25. The molecule has 1 N–H and O–H groups in total. The molecule has 1 amide bonds. The second kappa shape index (κ2) is 8.05. The number of carbonyl (C=O) groups is 1. The van der Waals surface area contributed by atoms with Gasteiger partial charge in [-0.05, 0) is 31.2 Å². The Balaban J connectivity index is 1.46. The van der Waals surface area contributed by atoms with Crippen molar-refractivity contribution in [2.24, 2.45) is 5.92 Å². The van der Waals surface area contributed by atoms with Gasteiger partial charge < -0.3 is 10.2 Å². The van der Waals surface area contributed by atoms with Crippen LogP contribution in [0.3, 0.4) is 0 Å². The van der Waals surface area contributed by atoms with Crippen molar-refractivity contribution >= 4 is 11.9 Å². The van der Waals surface area contributed by atoms with Gasteiger partial charge in [0.1, 0.15) is 0 Å². The van der Waals surface area contributed by atoms with Gasteiger partial charge in [-0.25, -0.2) is 9.97 Å². The lowest BCUT2D eigenvalue weighted by Crippen LogP contribution is -2.47. The van der Waals surface area contributed by atoms with Gasteiger partial charge in [-0.3, -0.25) is 9.69 Å². The normalized spacial score (nSPS) is 22.5. The maximum atomic E-state index is 13.1. The Morgan fingerprint density at radius 2 is 1.89 bits per heavy atom. The van der Waals surface area contributed by atoms with Crippen molar-refractivity contribution in [1.82, 2.24) is 19.8 Å². The summed E-state index contributed by atoms with van der Waals surface area (Å²) in [5.74, 6) is 1.17. The highest BCUT2D eigenvalue weighted by molar-refractivity contribution is 5.94. The van der Waals surface area contributed by atoms with Crippen molar-refractivity contribution in [3.8, 4) is 0 Å². The van der Waals surface area contributed by atoms with Crippen LogP contribution >= 0.6 is 0 Å². The van der Waals surface area contributed by atoms with E-state index in [1.807, 2.05) is 6.92 Å². The molecule has 0 aliphatic carbocycles. The van der Waals surface area contributed by atoms with Gasteiger partial charge in [-0.2, -0.15) is 0 Å². The zero-order valence-corrected chi connectivity index (χ0v) is 15.8. The smallest absolute Gasteiger partial charge is 0.257 e. The number of carbonyl (C=O) groups excluding carboxylic acids is 1. The first-order valence-corrected chi connectivity index (χ1v) is 9.86. The highest BCUT2D eigenvalue weighted by Crippen LogP contribution is 2.29. The van der Waals surface area contributed by atoms with E-state index in [1.165, 1.54) is 12.0 Å². The van der Waals surface area contributed by atoms with Crippen LogP contribution in [0, 0.1) is 5.92 Å². The number of hydrogen-bond donors (Lipinski definition) is 1. The predicted molar refractivity (Wildman–Crippen MR) is 105 cm³/mol. The molecule has 5 rings (SSSR count). The lowest BCUT2D eigenvalue weighted by Gasteiger charge is -2.36. The fourth-order valence-electron chi connectivity index (χ4n) is 4.25. The van der Waals surface area contributed by atoms with Gasteiger partial charge in [0, 0.05) is 51.2 Å². The molecular weight excluding hydrogens is 338 g/mol. The minimum absolute atomic E-state index is 0.0642. The van der Waals surface area contributed by atoms with Crippen molar-refractivity contribution < 1.29 is 4.79 Å². The molecule has 0 unspecified atom stereocenters. The van der Waals surface area contributed by atoms with Gasteiger partial charge in [0.25, 0.3) is 5.91 Å². The molecule has 0 radical (unpaired) electrons. The topological polar surface area (TPSA) is 61.4 Å². The highest BCUT2D eigenvalue weighted by atomic mass is 16.2. The molecule has 0 saturated carbocycles. The van der Waals surface area contributed by atoms with Crippen molar-refractivity contribution in [1.29, 1.82) is 0 Å². The predicted octanol–water partition coefficient (Wildman–Crippen LogP) is 2.65. The van der Waals surface area contributed by atoms with Crippen LogP contribution < -0.4 is 5.32 Å². The number of hydrogen-bond acceptors (Lipinski definition) is 5. The van der Waals surface area contributed by atoms with E-state index in [1.54, 1.807) is 12.4 Å². The zero-order valence-electron chi connectivity index (χ0n) is 15.8. The Bertz CT molecular complexity index is 764. The first-order valence-electron chi connectivity index (χ1n) is 9.86. The summed E-state index contributed by atoms with van der Waals surface area (Å²) in [5.41, 5.74) is 1.92. The Hall–Kier alpha value is -2.47. The Morgan fingerprint density at radius 3 is 2.63 bits per heavy atom. The number of aromatic nitrogens is 2. The fraction of sp³-hybridized carbons (Fsp3) is 0.476. The summed E-state index contributed by atoms with van der Waals surface area (Å²) in [5, 5.41) is 3.07. The number of nitrogens with one attached hydrogen (secondary N) is 1. The van der Waals surface area contributed by atoms with Gasteiger partial charge in [-0.15, -0.1) is 0 Å². The number of anilines is 1. The minimum Gasteiger partial charge on any atom is -0.355 e. The first kappa shape index (κ1) is 17.9. The monoisotopic (exact) mass is 365 g/mol. The summed E-state index contributed by atoms with van der Waals surface area (Å²) in [7, 11) is 0. The lowest BCUT2D eigenvalue weighted by atomic mass is 9.94. The number of benzene rings is 1. The molecule has 6 heteroatoms. The lowest BCUT2D eigenvalue weighted by molar-refractivity contribution is 0.0584. The Labute approximate surface area is 160 Å². The van der Waals surface area contributed by atoms with Crippen molar-refractivity contribution in [3.63, 3.8) is 0 Å². The van der Waals surface area contributed by atoms with E-state index in [-0.39, 0.29) is 11.9 Å². The van der Waals surface area contributed by atoms with Crippen LogP contribution in [-0.4, -0.2) is 57.9 Å². The molecule has 3 fully saturated rings. The van der Waals surface area contributed by atoms with Crippen LogP contribution in [0.5, 0.6) is 0 Å². The maximum absolute atomic E-state index is 13.1. The van der Waals surface area contributed by atoms with Crippen LogP contribution in [-0.2, 0) is 6.54 Å². The Morgan fingerprint density at radius 1 is 1.11 bits per heavy atom. The van der Waals surface area contributed by atoms with Gasteiger partial charge in [-0.1, -0.05) is 30.3 Å². The van der Waals surface area contributed by atoms with E-state index >= 15 is 0 Å². The summed E-state index contributed by atoms with van der Waals surface area (Å²) >= 11 is 0. The highest BCUT2D eigenvalue weighted by Gasteiger charge is 2.37. The molecule has 6 nitrogen and oxygen atoms in total. The quantitative estimate of drug-likeness (QED) is 0.883. The summed E-state index contributed by atoms with van der Waals surface area (Å²) in [6, 6.07) is 10.9. The van der Waals surface area contributed by atoms with E-state index in [9.17, 15) is 4.79 Å². The van der Waals surface area contributed by atoms with E-state index in [0.29, 0.717) is 17.4 Å². The average Bonchev–Trinajstić information content (AvgIpc) is 3.00. The molecular formula is C21H27N5O. The van der Waals surface area contributed by atoms with Gasteiger partial charge in [0.2, 0.25) is 5.95 Å². The summed E-state index contributed by atoms with van der Waals surface area (Å²) < 4.78 is 0. The third-order valence-corrected chi connectivity index (χ3v) is 5.53.